The number of hydrazine groups is 2. The van der Waals surface area contributed by atoms with Crippen LogP contribution in [0.15, 0.2) is 66.8 Å². The van der Waals surface area contributed by atoms with E-state index in [1.54, 1.807) is 12.3 Å². The molecule has 3 aliphatic carbocycles. The van der Waals surface area contributed by atoms with Crippen LogP contribution >= 0.6 is 11.6 Å². The number of rotatable bonds is 8. The van der Waals surface area contributed by atoms with Crippen LogP contribution in [0.2, 0.25) is 5.02 Å². The standard InChI is InChI=1S/C33H31ClF3N7/c1-4-20-16-39-29-24(28(20)40-18-31(2,3)33(35,36)37)11-21(12-25(29)34)41-30(23-7-5-9-26-22(23)8-6-10-38-26)27-17-44(43-42-27)32-13-19(14-32)15-32/h1,5-12,16-17,19,30,41-43H,13-15,18H2,2-3H3,(H,39,40)/t19?,30-,32?/m0/s1. The van der Waals surface area contributed by atoms with Crippen molar-refractivity contribution in [3.8, 4) is 12.3 Å². The minimum atomic E-state index is -4.41. The van der Waals surface area contributed by atoms with Gasteiger partial charge in [-0.2, -0.15) is 13.2 Å². The molecule has 0 spiro atoms. The first kappa shape index (κ1) is 28.6. The lowest BCUT2D eigenvalue weighted by molar-refractivity contribution is -0.206. The van der Waals surface area contributed by atoms with E-state index in [-0.39, 0.29) is 18.1 Å². The third-order valence-corrected chi connectivity index (χ3v) is 9.56. The molecule has 226 valence electrons. The summed E-state index contributed by atoms with van der Waals surface area (Å²) in [7, 11) is 0. The van der Waals surface area contributed by atoms with Gasteiger partial charge in [-0.25, -0.2) is 0 Å². The molecule has 1 aliphatic heterocycles. The van der Waals surface area contributed by atoms with Crippen molar-refractivity contribution in [2.75, 3.05) is 17.2 Å². The van der Waals surface area contributed by atoms with Gasteiger partial charge in [0.2, 0.25) is 0 Å². The third-order valence-electron chi connectivity index (χ3n) is 9.27. The Morgan fingerprint density at radius 2 is 1.93 bits per heavy atom. The van der Waals surface area contributed by atoms with Crippen molar-refractivity contribution < 1.29 is 13.2 Å². The number of alkyl halides is 3. The lowest BCUT2D eigenvalue weighted by Gasteiger charge is -2.64. The first-order chi connectivity index (χ1) is 21.0. The summed E-state index contributed by atoms with van der Waals surface area (Å²) in [6.45, 7) is 1.91. The second kappa shape index (κ2) is 10.2. The largest absolute Gasteiger partial charge is 0.395 e. The number of anilines is 2. The molecule has 44 heavy (non-hydrogen) atoms. The molecular formula is C33H31ClF3N7. The van der Waals surface area contributed by atoms with Crippen molar-refractivity contribution in [2.24, 2.45) is 11.3 Å². The highest BCUT2D eigenvalue weighted by Crippen LogP contribution is 2.60. The molecule has 4 aliphatic rings. The number of nitrogens with zero attached hydrogens (tertiary/aromatic N) is 3. The molecule has 4 aromatic rings. The molecule has 11 heteroatoms. The lowest BCUT2D eigenvalue weighted by atomic mass is 9.49. The summed E-state index contributed by atoms with van der Waals surface area (Å²) < 4.78 is 41.1. The van der Waals surface area contributed by atoms with Gasteiger partial charge in [0.15, 0.2) is 0 Å². The Bertz CT molecular complexity index is 1840. The Balaban J connectivity index is 1.30. The molecule has 4 N–H and O–H groups in total. The first-order valence-corrected chi connectivity index (χ1v) is 14.9. The van der Waals surface area contributed by atoms with E-state index >= 15 is 0 Å². The molecule has 7 nitrogen and oxygen atoms in total. The van der Waals surface area contributed by atoms with Crippen molar-refractivity contribution >= 4 is 44.8 Å². The van der Waals surface area contributed by atoms with Gasteiger partial charge in [-0.05, 0) is 68.9 Å². The van der Waals surface area contributed by atoms with Crippen LogP contribution in [0.5, 0.6) is 0 Å². The Kier molecular flexibility index (Phi) is 6.61. The van der Waals surface area contributed by atoms with Crippen molar-refractivity contribution in [1.29, 1.82) is 0 Å². The molecule has 0 saturated heterocycles. The topological polar surface area (TPSA) is 77.1 Å². The summed E-state index contributed by atoms with van der Waals surface area (Å²) in [6, 6.07) is 13.2. The number of fused-ring (bicyclic) bond motifs is 2. The molecule has 3 saturated carbocycles. The van der Waals surface area contributed by atoms with E-state index in [9.17, 15) is 13.2 Å². The van der Waals surface area contributed by atoms with Crippen LogP contribution in [-0.2, 0) is 0 Å². The van der Waals surface area contributed by atoms with Crippen molar-refractivity contribution in [3.05, 3.63) is 82.9 Å². The van der Waals surface area contributed by atoms with Crippen molar-refractivity contribution in [2.45, 2.75) is 50.9 Å². The zero-order chi connectivity index (χ0) is 30.9. The van der Waals surface area contributed by atoms with Crippen LogP contribution in [0.25, 0.3) is 21.8 Å². The molecule has 0 unspecified atom stereocenters. The van der Waals surface area contributed by atoms with Crippen LogP contribution < -0.4 is 21.6 Å². The average molecular weight is 618 g/mol. The van der Waals surface area contributed by atoms with Crippen LogP contribution in [0.1, 0.15) is 50.3 Å². The quantitative estimate of drug-likeness (QED) is 0.155. The smallest absolute Gasteiger partial charge is 0.383 e. The van der Waals surface area contributed by atoms with E-state index in [1.807, 2.05) is 30.3 Å². The Labute approximate surface area is 258 Å². The fraction of sp³-hybridized carbons (Fsp3) is 0.333. The highest BCUT2D eigenvalue weighted by Gasteiger charge is 2.60. The predicted octanol–water partition coefficient (Wildman–Crippen LogP) is 7.29. The summed E-state index contributed by atoms with van der Waals surface area (Å²) in [5, 5.41) is 10.7. The fourth-order valence-electron chi connectivity index (χ4n) is 6.38. The van der Waals surface area contributed by atoms with Gasteiger partial charge in [-0.1, -0.05) is 35.7 Å². The monoisotopic (exact) mass is 617 g/mol. The van der Waals surface area contributed by atoms with E-state index < -0.39 is 11.6 Å². The summed E-state index contributed by atoms with van der Waals surface area (Å²) in [6.07, 6.45) is 10.2. The first-order valence-electron chi connectivity index (χ1n) is 14.5. The number of hydrogen-bond donors (Lipinski definition) is 4. The van der Waals surface area contributed by atoms with Gasteiger partial charge < -0.3 is 16.1 Å². The maximum absolute atomic E-state index is 13.7. The highest BCUT2D eigenvalue weighted by molar-refractivity contribution is 6.35. The van der Waals surface area contributed by atoms with Gasteiger partial charge in [0.1, 0.15) is 0 Å². The molecule has 3 heterocycles. The van der Waals surface area contributed by atoms with Crippen LogP contribution in [0.3, 0.4) is 0 Å². The molecular weight excluding hydrogens is 587 g/mol. The maximum Gasteiger partial charge on any atom is 0.395 e. The van der Waals surface area contributed by atoms with Gasteiger partial charge in [-0.15, -0.1) is 12.0 Å². The molecule has 8 rings (SSSR count). The van der Waals surface area contributed by atoms with Crippen LogP contribution in [-0.4, -0.2) is 33.2 Å². The number of halogens is 4. The number of benzene rings is 2. The summed E-state index contributed by atoms with van der Waals surface area (Å²) in [5.41, 5.74) is 9.45. The molecule has 3 fully saturated rings. The Morgan fingerprint density at radius 1 is 1.14 bits per heavy atom. The van der Waals surface area contributed by atoms with E-state index in [0.717, 1.165) is 41.9 Å². The van der Waals surface area contributed by atoms with Crippen molar-refractivity contribution in [1.82, 2.24) is 25.9 Å². The third kappa shape index (κ3) is 4.66. The van der Waals surface area contributed by atoms with Gasteiger partial charge in [0.25, 0.3) is 0 Å². The second-order valence-electron chi connectivity index (χ2n) is 12.7. The molecule has 0 radical (unpaired) electrons. The number of terminal acetylenes is 1. The number of hydrogen-bond acceptors (Lipinski definition) is 7. The van der Waals surface area contributed by atoms with E-state index in [4.69, 9.17) is 18.0 Å². The molecule has 2 aromatic heterocycles. The normalized spacial score (nSPS) is 21.6. The zero-order valence-corrected chi connectivity index (χ0v) is 24.9. The molecule has 1 atom stereocenters. The Morgan fingerprint density at radius 3 is 2.64 bits per heavy atom. The maximum atomic E-state index is 13.7. The second-order valence-corrected chi connectivity index (χ2v) is 13.1. The van der Waals surface area contributed by atoms with E-state index in [0.29, 0.717) is 32.9 Å². The minimum absolute atomic E-state index is 0.151. The summed E-state index contributed by atoms with van der Waals surface area (Å²) >= 11 is 6.77. The average Bonchev–Trinajstić information content (AvgIpc) is 3.41. The van der Waals surface area contributed by atoms with E-state index in [1.165, 1.54) is 25.5 Å². The Hall–Kier alpha value is -4.20. The fourth-order valence-corrected chi connectivity index (χ4v) is 6.65. The summed E-state index contributed by atoms with van der Waals surface area (Å²) in [5.74, 6) is 3.37. The van der Waals surface area contributed by atoms with Gasteiger partial charge in [0.05, 0.1) is 50.0 Å². The number of aromatic nitrogens is 2. The zero-order valence-electron chi connectivity index (χ0n) is 24.2. The van der Waals surface area contributed by atoms with Gasteiger partial charge in [0, 0.05) is 41.6 Å². The molecule has 2 bridgehead atoms. The van der Waals surface area contributed by atoms with Gasteiger partial charge in [-0.3, -0.25) is 15.0 Å². The van der Waals surface area contributed by atoms with Crippen molar-refractivity contribution in [3.63, 3.8) is 0 Å². The minimum Gasteiger partial charge on any atom is -0.383 e. The number of nitrogens with one attached hydrogen (secondary N) is 4. The molecule has 2 aromatic carbocycles. The summed E-state index contributed by atoms with van der Waals surface area (Å²) in [4.78, 5) is 9.00. The molecule has 0 amide bonds. The van der Waals surface area contributed by atoms with E-state index in [2.05, 4.69) is 54.8 Å². The van der Waals surface area contributed by atoms with Gasteiger partial charge >= 0.3 is 6.18 Å². The lowest BCUT2D eigenvalue weighted by Crippen LogP contribution is -2.69. The SMILES string of the molecule is C#Cc1cnc2c(Cl)cc(N[C@H](C3=CN(C45CC(C4)C5)NN3)c3cccc4ncccc34)cc2c1NCC(C)(C)C(F)(F)F. The van der Waals surface area contributed by atoms with Crippen LogP contribution in [0.4, 0.5) is 24.5 Å². The number of pyridine rings is 2. The van der Waals surface area contributed by atoms with Crippen LogP contribution in [0, 0.1) is 23.7 Å². The highest BCUT2D eigenvalue weighted by atomic mass is 35.5. The predicted molar refractivity (Wildman–Crippen MR) is 167 cm³/mol.